The van der Waals surface area contributed by atoms with Gasteiger partial charge in [0.25, 0.3) is 0 Å². The molecule has 0 amide bonds. The third-order valence-electron chi connectivity index (χ3n) is 3.67. The van der Waals surface area contributed by atoms with Gasteiger partial charge in [-0.3, -0.25) is 4.90 Å². The van der Waals surface area contributed by atoms with Gasteiger partial charge in [0, 0.05) is 12.6 Å². The average molecular weight is 249 g/mol. The Labute approximate surface area is 107 Å². The number of hydrogen-bond donors (Lipinski definition) is 1. The predicted octanol–water partition coefficient (Wildman–Crippen LogP) is 2.16. The summed E-state index contributed by atoms with van der Waals surface area (Å²) in [6.07, 6.45) is 0.896. The molecule has 0 spiro atoms. The number of carboxylic acids is 1. The zero-order valence-corrected chi connectivity index (χ0v) is 11.1. The number of nitrogens with zero attached hydrogens (tertiary/aromatic N) is 1. The molecule has 1 atom stereocenters. The van der Waals surface area contributed by atoms with E-state index in [4.69, 9.17) is 4.74 Å². The van der Waals surface area contributed by atoms with Gasteiger partial charge in [0.2, 0.25) is 0 Å². The first-order valence-electron chi connectivity index (χ1n) is 6.24. The minimum Gasteiger partial charge on any atom is -0.496 e. The summed E-state index contributed by atoms with van der Waals surface area (Å²) in [4.78, 5) is 13.6. The Balaban J connectivity index is 2.44. The summed E-state index contributed by atoms with van der Waals surface area (Å²) >= 11 is 0. The first kappa shape index (κ1) is 12.9. The number of rotatable bonds is 3. The van der Waals surface area contributed by atoms with Gasteiger partial charge >= 0.3 is 5.97 Å². The van der Waals surface area contributed by atoms with E-state index in [0.29, 0.717) is 11.8 Å². The number of hydrogen-bond acceptors (Lipinski definition) is 3. The SMILES string of the molecule is CCN1Cc2cc(OC)c(C(=O)O)cc2CC1C. The molecule has 1 aromatic carbocycles. The molecule has 0 aromatic heterocycles. The summed E-state index contributed by atoms with van der Waals surface area (Å²) in [7, 11) is 1.51. The van der Waals surface area contributed by atoms with Crippen LogP contribution in [0.25, 0.3) is 0 Å². The third-order valence-corrected chi connectivity index (χ3v) is 3.67. The number of methoxy groups -OCH3 is 1. The monoisotopic (exact) mass is 249 g/mol. The Morgan fingerprint density at radius 1 is 1.50 bits per heavy atom. The Morgan fingerprint density at radius 3 is 2.78 bits per heavy atom. The van der Waals surface area contributed by atoms with Crippen molar-refractivity contribution in [2.24, 2.45) is 0 Å². The Kier molecular flexibility index (Phi) is 3.57. The van der Waals surface area contributed by atoms with E-state index in [1.54, 1.807) is 6.07 Å². The second kappa shape index (κ2) is 4.98. The van der Waals surface area contributed by atoms with Crippen LogP contribution in [0.5, 0.6) is 5.75 Å². The fraction of sp³-hybridized carbons (Fsp3) is 0.500. The minimum atomic E-state index is -0.930. The van der Waals surface area contributed by atoms with Gasteiger partial charge in [-0.25, -0.2) is 4.79 Å². The van der Waals surface area contributed by atoms with Gasteiger partial charge in [-0.1, -0.05) is 6.92 Å². The van der Waals surface area contributed by atoms with E-state index >= 15 is 0 Å². The summed E-state index contributed by atoms with van der Waals surface area (Å²) in [5.41, 5.74) is 2.57. The predicted molar refractivity (Wildman–Crippen MR) is 69.2 cm³/mol. The number of likely N-dealkylation sites (N-methyl/N-ethyl adjacent to an activating group) is 1. The molecule has 0 aliphatic carbocycles. The summed E-state index contributed by atoms with van der Waals surface area (Å²) < 4.78 is 5.17. The molecular weight excluding hydrogens is 230 g/mol. The largest absolute Gasteiger partial charge is 0.496 e. The van der Waals surface area contributed by atoms with Crippen molar-refractivity contribution < 1.29 is 14.6 Å². The van der Waals surface area contributed by atoms with Crippen LogP contribution in [0.3, 0.4) is 0 Å². The topological polar surface area (TPSA) is 49.8 Å². The molecule has 18 heavy (non-hydrogen) atoms. The molecule has 1 unspecified atom stereocenters. The molecule has 4 nitrogen and oxygen atoms in total. The second-order valence-electron chi connectivity index (χ2n) is 4.74. The molecule has 1 aliphatic heterocycles. The van der Waals surface area contributed by atoms with Crippen LogP contribution in [0.15, 0.2) is 12.1 Å². The zero-order valence-electron chi connectivity index (χ0n) is 11.1. The molecule has 4 heteroatoms. The summed E-state index contributed by atoms with van der Waals surface area (Å²) in [5.74, 6) is -0.480. The van der Waals surface area contributed by atoms with Crippen LogP contribution in [0, 0.1) is 0 Å². The van der Waals surface area contributed by atoms with Crippen molar-refractivity contribution in [3.8, 4) is 5.75 Å². The van der Waals surface area contributed by atoms with Crippen molar-refractivity contribution in [1.29, 1.82) is 0 Å². The number of fused-ring (bicyclic) bond motifs is 1. The van der Waals surface area contributed by atoms with E-state index in [-0.39, 0.29) is 5.56 Å². The number of benzene rings is 1. The Hall–Kier alpha value is -1.55. The van der Waals surface area contributed by atoms with E-state index in [2.05, 4.69) is 18.7 Å². The highest BCUT2D eigenvalue weighted by Gasteiger charge is 2.24. The second-order valence-corrected chi connectivity index (χ2v) is 4.74. The van der Waals surface area contributed by atoms with Crippen molar-refractivity contribution in [3.63, 3.8) is 0 Å². The first-order chi connectivity index (χ1) is 8.56. The highest BCUT2D eigenvalue weighted by molar-refractivity contribution is 5.91. The molecule has 1 heterocycles. The van der Waals surface area contributed by atoms with Crippen molar-refractivity contribution in [3.05, 3.63) is 28.8 Å². The maximum Gasteiger partial charge on any atom is 0.339 e. The quantitative estimate of drug-likeness (QED) is 0.891. The van der Waals surface area contributed by atoms with E-state index in [0.717, 1.165) is 25.1 Å². The number of ether oxygens (including phenoxy) is 1. The lowest BCUT2D eigenvalue weighted by atomic mass is 9.92. The maximum absolute atomic E-state index is 11.2. The van der Waals surface area contributed by atoms with Crippen LogP contribution in [-0.4, -0.2) is 35.7 Å². The molecule has 0 saturated heterocycles. The summed E-state index contributed by atoms with van der Waals surface area (Å²) in [5, 5.41) is 9.17. The van der Waals surface area contributed by atoms with E-state index in [1.165, 1.54) is 12.7 Å². The van der Waals surface area contributed by atoms with Gasteiger partial charge < -0.3 is 9.84 Å². The molecule has 2 rings (SSSR count). The normalized spacial score (nSPS) is 19.4. The fourth-order valence-corrected chi connectivity index (χ4v) is 2.59. The van der Waals surface area contributed by atoms with Gasteiger partial charge in [-0.05, 0) is 43.1 Å². The lowest BCUT2D eigenvalue weighted by molar-refractivity contribution is 0.0693. The van der Waals surface area contributed by atoms with E-state index < -0.39 is 5.97 Å². The molecule has 98 valence electrons. The van der Waals surface area contributed by atoms with Gasteiger partial charge in [0.15, 0.2) is 0 Å². The van der Waals surface area contributed by atoms with Crippen LogP contribution < -0.4 is 4.74 Å². The van der Waals surface area contributed by atoms with Crippen LogP contribution >= 0.6 is 0 Å². The van der Waals surface area contributed by atoms with Crippen LogP contribution in [0.2, 0.25) is 0 Å². The fourth-order valence-electron chi connectivity index (χ4n) is 2.59. The average Bonchev–Trinajstić information content (AvgIpc) is 2.36. The standard InChI is InChI=1S/C14H19NO3/c1-4-15-8-11-7-13(18-3)12(14(16)17)6-10(11)5-9(15)2/h6-7,9H,4-5,8H2,1-3H3,(H,16,17). The highest BCUT2D eigenvalue weighted by atomic mass is 16.5. The molecule has 0 fully saturated rings. The Morgan fingerprint density at radius 2 is 2.22 bits per heavy atom. The van der Waals surface area contributed by atoms with Crippen molar-refractivity contribution >= 4 is 5.97 Å². The minimum absolute atomic E-state index is 0.258. The van der Waals surface area contributed by atoms with Crippen LogP contribution in [-0.2, 0) is 13.0 Å². The molecule has 0 saturated carbocycles. The zero-order chi connectivity index (χ0) is 13.3. The van der Waals surface area contributed by atoms with Crippen LogP contribution in [0.1, 0.15) is 35.3 Å². The van der Waals surface area contributed by atoms with Gasteiger partial charge in [-0.15, -0.1) is 0 Å². The molecule has 1 aliphatic rings. The highest BCUT2D eigenvalue weighted by Crippen LogP contribution is 2.29. The lowest BCUT2D eigenvalue weighted by Crippen LogP contribution is -2.38. The molecule has 0 radical (unpaired) electrons. The van der Waals surface area contributed by atoms with E-state index in [1.807, 2.05) is 6.07 Å². The van der Waals surface area contributed by atoms with Crippen LogP contribution in [0.4, 0.5) is 0 Å². The summed E-state index contributed by atoms with van der Waals surface area (Å²) in [6, 6.07) is 4.09. The molecule has 1 aromatic rings. The number of carboxylic acid groups (broad SMARTS) is 1. The first-order valence-corrected chi connectivity index (χ1v) is 6.24. The van der Waals surface area contributed by atoms with Crippen molar-refractivity contribution in [1.82, 2.24) is 4.90 Å². The number of aromatic carboxylic acids is 1. The van der Waals surface area contributed by atoms with Crippen molar-refractivity contribution in [2.75, 3.05) is 13.7 Å². The van der Waals surface area contributed by atoms with Gasteiger partial charge in [-0.2, -0.15) is 0 Å². The van der Waals surface area contributed by atoms with Gasteiger partial charge in [0.1, 0.15) is 11.3 Å². The third kappa shape index (κ3) is 2.20. The smallest absolute Gasteiger partial charge is 0.339 e. The molecule has 1 N–H and O–H groups in total. The van der Waals surface area contributed by atoms with E-state index in [9.17, 15) is 9.90 Å². The lowest BCUT2D eigenvalue weighted by Gasteiger charge is -2.34. The Bertz CT molecular complexity index is 470. The molecular formula is C14H19NO3. The van der Waals surface area contributed by atoms with Gasteiger partial charge in [0.05, 0.1) is 7.11 Å². The maximum atomic E-state index is 11.2. The van der Waals surface area contributed by atoms with Crippen molar-refractivity contribution in [2.45, 2.75) is 32.9 Å². The summed E-state index contributed by atoms with van der Waals surface area (Å²) in [6.45, 7) is 6.19. The molecule has 0 bridgehead atoms. The number of carbonyl (C=O) groups is 1.